The minimum Gasteiger partial charge on any atom is -0.444 e. The molecule has 2 fully saturated rings. The van der Waals surface area contributed by atoms with Crippen molar-refractivity contribution in [2.75, 3.05) is 18.5 Å². The van der Waals surface area contributed by atoms with Crippen LogP contribution in [-0.2, 0) is 71.6 Å². The number of hydrogen-bond donors (Lipinski definition) is 10. The van der Waals surface area contributed by atoms with Gasteiger partial charge in [0.15, 0.2) is 6.23 Å². The van der Waals surface area contributed by atoms with E-state index in [-0.39, 0.29) is 92.1 Å². The SMILES string of the molecule is C/C1=C2N=C(/C=C3N=C(/C(C)=C4/[C@@H](CCC(N)=O)[C@](C)(CC(N)=O)[C@](C)([C@@H]5N=C1[C@](C)(CCC(=O)NCC(C)OP(=O)([O-])O[C@H]1[C@@H](O)[C@@H](n6cnc7cc(C)c(C)cc76)O[C@@H]1CO)[C@H]5CC(N)=O)[N]4[Co+][C]#N)[C@@](C)(CC(N)=O)[C@@H]\3CCC(N)=O)C(C)(C)[C@@H]/2CCC(N)=O.CC(C)(C)OC(=O)Nc1ccccn1. The Morgan fingerprint density at radius 1 is 0.804 bits per heavy atom. The number of hydrogen-bond acceptors (Lipinski definition) is 23. The molecule has 6 aliphatic heterocycles. The van der Waals surface area contributed by atoms with Crippen molar-refractivity contribution in [2.24, 2.45) is 94.7 Å². The number of aromatic nitrogens is 3. The number of rotatable bonds is 28. The molecule has 107 heavy (non-hydrogen) atoms. The van der Waals surface area contributed by atoms with Crippen LogP contribution in [0.15, 0.2) is 92.1 Å². The van der Waals surface area contributed by atoms with Gasteiger partial charge in [-0.3, -0.25) is 9.88 Å². The normalized spacial score (nSPS) is 30.6. The van der Waals surface area contributed by atoms with Crippen LogP contribution in [0, 0.1) is 69.4 Å². The molecule has 0 aliphatic carbocycles. The van der Waals surface area contributed by atoms with Gasteiger partial charge >= 0.3 is 423 Å². The number of anilines is 1. The van der Waals surface area contributed by atoms with Gasteiger partial charge in [-0.2, -0.15) is 0 Å². The summed E-state index contributed by atoms with van der Waals surface area (Å²) < 4.78 is 38.8. The summed E-state index contributed by atoms with van der Waals surface area (Å²) in [6.07, 6.45) is -4.27. The second-order valence-corrected chi connectivity index (χ2v) is 33.4. The first-order valence-corrected chi connectivity index (χ1v) is 37.9. The van der Waals surface area contributed by atoms with Crippen LogP contribution >= 0.6 is 7.82 Å². The number of carbonyl (C=O) groups is 8. The Balaban J connectivity index is 0.000000924. The summed E-state index contributed by atoms with van der Waals surface area (Å²) in [5.74, 6) is -7.39. The number of pyridine rings is 1. The Morgan fingerprint density at radius 3 is 1.99 bits per heavy atom. The number of fused-ring (bicyclic) bond motifs is 7. The predicted molar refractivity (Wildman–Crippen MR) is 390 cm³/mol. The zero-order valence-corrected chi connectivity index (χ0v) is 65.0. The van der Waals surface area contributed by atoms with Crippen LogP contribution < -0.4 is 49.9 Å². The molecule has 15 atom stereocenters. The van der Waals surface area contributed by atoms with E-state index in [1.807, 2.05) is 74.4 Å². The average molecular weight is 1550 g/mol. The van der Waals surface area contributed by atoms with E-state index in [9.17, 15) is 63.3 Å². The molecule has 0 spiro atoms. The first-order valence-electron chi connectivity index (χ1n) is 35.4. The number of nitrogens with one attached hydrogen (secondary N) is 2. The van der Waals surface area contributed by atoms with E-state index < -0.39 is 155 Å². The quantitative estimate of drug-likeness (QED) is 0.0420. The molecule has 32 nitrogen and oxygen atoms in total. The molecule has 584 valence electrons. The van der Waals surface area contributed by atoms with Gasteiger partial charge in [0.1, 0.15) is 29.7 Å². The van der Waals surface area contributed by atoms with Crippen LogP contribution in [0.3, 0.4) is 0 Å². The van der Waals surface area contributed by atoms with Crippen molar-refractivity contribution in [2.45, 2.75) is 215 Å². The van der Waals surface area contributed by atoms with E-state index in [0.717, 1.165) is 11.1 Å². The second-order valence-electron chi connectivity index (χ2n) is 31.1. The standard InChI is InChI=1S/C62H90N13O14P.C10H14N2O2.CN.Co/c1-29-20-39-40(21-30(29)2)75(28-70-39)57-52(84)53(41(27-76)87-57)89-90(85,86)88-31(3)26-69-49(83)18-19-59(8)37(22-46(66)80)56-62(11)61(10,25-48(68)82)36(14-17-45(65)79)51(74-62)33(5)55-60(9,24-47(67)81)34(12-15-43(63)77)38(71-55)23-42-58(6,7)35(13-16-44(64)78)50(72-42)32(4)54(59)73-56;1-10(2,3)14-9(13)12-8-6-4-5-7-11-8;1-2;/h20-21,23,28,31,34-37,41,52-53,56-57,76,84H,12-19,22,24-27H2,1-11H3,(H15,63,64,65,66,67,68,69,71,72,73,74,77,78,79,80,81,82,83,85,86);4-7H,1-3H3,(H,11,12,13);;/q;;;+2/p-2/t31?,34-,35-,36-,37+,41-,52-,53-,56-,57+,59-,60+,61+,62+;;;/m1.../s1. The second kappa shape index (κ2) is 32.7. The third-order valence-corrected chi connectivity index (χ3v) is 24.3. The van der Waals surface area contributed by atoms with Gasteiger partial charge in [0.05, 0.1) is 24.0 Å². The van der Waals surface area contributed by atoms with Gasteiger partial charge in [-0.25, -0.2) is 14.8 Å². The zero-order valence-electron chi connectivity index (χ0n) is 63.0. The number of nitrogens with two attached hydrogens (primary N) is 6. The van der Waals surface area contributed by atoms with Crippen molar-refractivity contribution >= 4 is 89.3 Å². The molecule has 2 unspecified atom stereocenters. The fourth-order valence-corrected chi connectivity index (χ4v) is 18.9. The molecule has 2 aromatic heterocycles. The van der Waals surface area contributed by atoms with Gasteiger partial charge in [-0.1, -0.05) is 6.07 Å². The van der Waals surface area contributed by atoms with Crippen LogP contribution in [0.4, 0.5) is 10.6 Å². The van der Waals surface area contributed by atoms with Crippen LogP contribution in [0.1, 0.15) is 171 Å². The number of benzene rings is 1. The number of nitrogens with zero attached hydrogens (tertiary/aromatic N) is 8. The molecule has 8 amide bonds. The minimum absolute atomic E-state index is 0.0111. The van der Waals surface area contributed by atoms with Gasteiger partial charge in [0, 0.05) is 6.20 Å². The molecule has 9 rings (SSSR count). The minimum atomic E-state index is -5.35. The monoisotopic (exact) mass is 1550 g/mol. The molecule has 2 saturated heterocycles. The maximum atomic E-state index is 14.5. The predicted octanol–water partition coefficient (Wildman–Crippen LogP) is 5.15. The first-order chi connectivity index (χ1) is 49.8. The Labute approximate surface area is 628 Å². The number of aryl methyl sites for hydroxylation is 2. The number of primary amides is 6. The number of nitriles is 1. The number of allylic oxidation sites excluding steroid dienone is 6. The molecule has 0 saturated carbocycles. The van der Waals surface area contributed by atoms with Crippen molar-refractivity contribution in [3.8, 4) is 5.00 Å². The Morgan fingerprint density at radius 2 is 1.42 bits per heavy atom. The number of phosphoric ester groups is 1. The Hall–Kier alpha value is -8.58. The molecule has 16 N–H and O–H groups in total. The van der Waals surface area contributed by atoms with Crippen LogP contribution in [-0.4, -0.2) is 148 Å². The number of ether oxygens (including phenoxy) is 2. The topological polar surface area (TPSA) is 529 Å². The van der Waals surface area contributed by atoms with Crippen molar-refractivity contribution in [3.63, 3.8) is 0 Å². The van der Waals surface area contributed by atoms with E-state index in [4.69, 9.17) is 67.9 Å². The number of aliphatic hydroxyl groups is 2. The average Bonchev–Trinajstić information content (AvgIpc) is 1.51. The number of imidazole rings is 1. The molecule has 8 heterocycles. The third-order valence-electron chi connectivity index (χ3n) is 22.1. The summed E-state index contributed by atoms with van der Waals surface area (Å²) in [6, 6.07) is 7.83. The molecule has 0 radical (unpaired) electrons. The third kappa shape index (κ3) is 17.8. The van der Waals surface area contributed by atoms with E-state index in [1.54, 1.807) is 62.1 Å². The first kappa shape index (κ1) is 84.0. The molecule has 1 aromatic carbocycles. The number of phosphoric acid groups is 1. The number of carbonyl (C=O) groups excluding carboxylic acids is 8. The van der Waals surface area contributed by atoms with Gasteiger partial charge in [0.25, 0.3) is 7.82 Å². The molecule has 34 heteroatoms. The van der Waals surface area contributed by atoms with Crippen LogP contribution in [0.5, 0.6) is 0 Å². The van der Waals surface area contributed by atoms with Crippen LogP contribution in [0.25, 0.3) is 11.0 Å². The summed E-state index contributed by atoms with van der Waals surface area (Å²) in [5.41, 5.74) is 35.9. The van der Waals surface area contributed by atoms with E-state index >= 15 is 0 Å². The summed E-state index contributed by atoms with van der Waals surface area (Å²) in [5, 5.41) is 40.4. The fourth-order valence-electron chi connectivity index (χ4n) is 16.6. The van der Waals surface area contributed by atoms with Crippen molar-refractivity contribution < 1.29 is 91.5 Å². The molecule has 8 bridgehead atoms. The number of aliphatic hydroxyl groups excluding tert-OH is 2. The van der Waals surface area contributed by atoms with Crippen molar-refractivity contribution in [1.29, 1.82) is 5.26 Å². The molecule has 6 aliphatic rings. The summed E-state index contributed by atoms with van der Waals surface area (Å²) in [4.78, 5) is 144. The molecular weight excluding hydrogens is 1450 g/mol. The summed E-state index contributed by atoms with van der Waals surface area (Å²) in [7, 11) is -5.35. The smallest absolute Gasteiger partial charge is 0.444 e. The zero-order chi connectivity index (χ0) is 79.6. The van der Waals surface area contributed by atoms with Crippen molar-refractivity contribution in [3.05, 3.63) is 88.3 Å². The molecular formula is C73H102CoN16O16P. The van der Waals surface area contributed by atoms with Gasteiger partial charge in [0.2, 0.25) is 0 Å². The molecule has 3 aromatic rings. The number of amides is 8. The van der Waals surface area contributed by atoms with Gasteiger partial charge in [-0.05, 0) is 70.0 Å². The van der Waals surface area contributed by atoms with Crippen molar-refractivity contribution in [1.82, 2.24) is 23.8 Å². The van der Waals surface area contributed by atoms with Gasteiger partial charge < -0.3 is 33.7 Å². The Bertz CT molecular complexity index is 4300. The number of aliphatic imine (C=N–C) groups is 3. The van der Waals surface area contributed by atoms with E-state index in [1.165, 1.54) is 17.8 Å². The fraction of sp³-hybridized carbons (Fsp3) is 0.589. The Kier molecular flexibility index (Phi) is 25.7. The summed E-state index contributed by atoms with van der Waals surface area (Å²) in [6.45, 7) is 24.2. The summed E-state index contributed by atoms with van der Waals surface area (Å²) >= 11 is 0.0230. The van der Waals surface area contributed by atoms with Crippen LogP contribution in [0.2, 0.25) is 0 Å². The van der Waals surface area contributed by atoms with E-state index in [2.05, 4.69) is 25.6 Å². The van der Waals surface area contributed by atoms with Gasteiger partial charge in [-0.15, -0.1) is 0 Å². The van der Waals surface area contributed by atoms with E-state index in [0.29, 0.717) is 62.2 Å². The maximum absolute atomic E-state index is 14.5.